The molecule has 1 heterocycles. The zero-order valence-corrected chi connectivity index (χ0v) is 11.1. The number of hydrogen-bond donors (Lipinski definition) is 2. The molecule has 0 aliphatic carbocycles. The van der Waals surface area contributed by atoms with Crippen molar-refractivity contribution in [2.75, 3.05) is 5.32 Å². The number of benzene rings is 1. The van der Waals surface area contributed by atoms with Crippen molar-refractivity contribution in [1.29, 1.82) is 0 Å². The van der Waals surface area contributed by atoms with E-state index in [2.05, 4.69) is 31.2 Å². The molecule has 0 aliphatic heterocycles. The zero-order valence-electron chi connectivity index (χ0n) is 9.55. The number of nitrogens with zero attached hydrogens (tertiary/aromatic N) is 1. The van der Waals surface area contributed by atoms with E-state index in [1.165, 1.54) is 0 Å². The lowest BCUT2D eigenvalue weighted by atomic mass is 10.2. The third-order valence-electron chi connectivity index (χ3n) is 2.33. The normalized spacial score (nSPS) is 11.4. The Labute approximate surface area is 118 Å². The van der Waals surface area contributed by atoms with Crippen molar-refractivity contribution in [3.8, 4) is 0 Å². The van der Waals surface area contributed by atoms with Gasteiger partial charge in [0.15, 0.2) is 5.82 Å². The van der Waals surface area contributed by atoms with Gasteiger partial charge in [0.25, 0.3) is 5.56 Å². The van der Waals surface area contributed by atoms with Crippen LogP contribution in [0.25, 0.3) is 0 Å². The number of aromatic amines is 1. The Hall–Kier alpha value is -1.90. The van der Waals surface area contributed by atoms with E-state index < -0.39 is 23.1 Å². The molecule has 1 aromatic carbocycles. The molecule has 0 bridgehead atoms. The van der Waals surface area contributed by atoms with Gasteiger partial charge < -0.3 is 10.3 Å². The molecule has 2 rings (SSSR count). The number of H-pyrrole nitrogens is 1. The van der Waals surface area contributed by atoms with E-state index in [0.717, 1.165) is 12.4 Å². The Morgan fingerprint density at radius 3 is 2.65 bits per heavy atom. The molecule has 20 heavy (non-hydrogen) atoms. The van der Waals surface area contributed by atoms with Crippen LogP contribution in [0.15, 0.2) is 33.8 Å². The molecule has 0 amide bonds. The average molecular weight is 352 g/mol. The van der Waals surface area contributed by atoms with E-state index >= 15 is 0 Å². The first-order chi connectivity index (χ1) is 9.29. The Balaban J connectivity index is 2.40. The third-order valence-corrected chi connectivity index (χ3v) is 3.07. The Morgan fingerprint density at radius 2 is 2.00 bits per heavy atom. The second-order valence-electron chi connectivity index (χ2n) is 3.71. The van der Waals surface area contributed by atoms with Crippen LogP contribution in [0.1, 0.15) is 5.56 Å². The Bertz CT molecular complexity index is 699. The van der Waals surface area contributed by atoms with E-state index in [-0.39, 0.29) is 16.0 Å². The van der Waals surface area contributed by atoms with Crippen molar-refractivity contribution in [3.05, 3.63) is 50.7 Å². The van der Waals surface area contributed by atoms with E-state index in [0.29, 0.717) is 12.1 Å². The summed E-state index contributed by atoms with van der Waals surface area (Å²) in [6.07, 6.45) is -3.72. The summed E-state index contributed by atoms with van der Waals surface area (Å²) in [5.74, 6) is -1.35. The van der Waals surface area contributed by atoms with Crippen LogP contribution in [-0.4, -0.2) is 9.97 Å². The highest BCUT2D eigenvalue weighted by Crippen LogP contribution is 2.33. The van der Waals surface area contributed by atoms with Crippen molar-refractivity contribution in [1.82, 2.24) is 9.97 Å². The number of anilines is 2. The lowest BCUT2D eigenvalue weighted by Crippen LogP contribution is -2.11. The van der Waals surface area contributed by atoms with Crippen LogP contribution in [0.4, 0.5) is 29.1 Å². The second-order valence-corrected chi connectivity index (χ2v) is 4.50. The quantitative estimate of drug-likeness (QED) is 0.815. The summed E-state index contributed by atoms with van der Waals surface area (Å²) in [5, 5.41) is 2.51. The predicted molar refractivity (Wildman–Crippen MR) is 67.2 cm³/mol. The minimum absolute atomic E-state index is 0.0217. The van der Waals surface area contributed by atoms with Crippen molar-refractivity contribution in [2.45, 2.75) is 6.18 Å². The Morgan fingerprint density at radius 1 is 1.30 bits per heavy atom. The molecule has 4 nitrogen and oxygen atoms in total. The molecule has 0 saturated heterocycles. The lowest BCUT2D eigenvalue weighted by molar-refractivity contribution is -0.139. The highest BCUT2D eigenvalue weighted by Gasteiger charge is 2.34. The molecule has 2 N–H and O–H groups in total. The highest BCUT2D eigenvalue weighted by atomic mass is 79.9. The zero-order chi connectivity index (χ0) is 14.9. The van der Waals surface area contributed by atoms with Crippen LogP contribution in [0.5, 0.6) is 0 Å². The van der Waals surface area contributed by atoms with Crippen molar-refractivity contribution < 1.29 is 17.6 Å². The molecule has 0 spiro atoms. The largest absolute Gasteiger partial charge is 0.419 e. The van der Waals surface area contributed by atoms with Crippen LogP contribution in [0.2, 0.25) is 0 Å². The fourth-order valence-corrected chi connectivity index (χ4v) is 1.74. The van der Waals surface area contributed by atoms with E-state index in [1.807, 2.05) is 0 Å². The lowest BCUT2D eigenvalue weighted by Gasteiger charge is -2.11. The van der Waals surface area contributed by atoms with E-state index in [1.54, 1.807) is 0 Å². The molecule has 1 aromatic heterocycles. The number of alkyl halides is 3. The van der Waals surface area contributed by atoms with Gasteiger partial charge in [0, 0.05) is 5.69 Å². The molecule has 9 heteroatoms. The van der Waals surface area contributed by atoms with Gasteiger partial charge in [-0.1, -0.05) is 0 Å². The van der Waals surface area contributed by atoms with Gasteiger partial charge in [-0.3, -0.25) is 4.79 Å². The van der Waals surface area contributed by atoms with Crippen LogP contribution >= 0.6 is 15.9 Å². The summed E-state index contributed by atoms with van der Waals surface area (Å²) in [6.45, 7) is 0. The second kappa shape index (κ2) is 5.23. The maximum absolute atomic E-state index is 13.1. The summed E-state index contributed by atoms with van der Waals surface area (Å²) < 4.78 is 50.8. The first-order valence-corrected chi connectivity index (χ1v) is 5.95. The van der Waals surface area contributed by atoms with E-state index in [4.69, 9.17) is 0 Å². The first-order valence-electron chi connectivity index (χ1n) is 5.16. The molecule has 0 aliphatic rings. The maximum atomic E-state index is 13.1. The molecular weight excluding hydrogens is 346 g/mol. The van der Waals surface area contributed by atoms with Gasteiger partial charge in [-0.2, -0.15) is 13.2 Å². The highest BCUT2D eigenvalue weighted by molar-refractivity contribution is 9.10. The van der Waals surface area contributed by atoms with Gasteiger partial charge in [0.05, 0.1) is 11.9 Å². The summed E-state index contributed by atoms with van der Waals surface area (Å²) in [6, 6.07) is 2.40. The van der Waals surface area contributed by atoms with Gasteiger partial charge in [-0.25, -0.2) is 9.37 Å². The summed E-state index contributed by atoms with van der Waals surface area (Å²) in [4.78, 5) is 17.3. The molecular formula is C11H6BrF4N3O. The SMILES string of the molecule is O=c1[nH]cnc(Nc2ccc(F)c(C(F)(F)F)c2)c1Br. The van der Waals surface area contributed by atoms with Crippen molar-refractivity contribution in [2.24, 2.45) is 0 Å². The van der Waals surface area contributed by atoms with Crippen LogP contribution in [0.3, 0.4) is 0 Å². The molecule has 0 unspecified atom stereocenters. The summed E-state index contributed by atoms with van der Waals surface area (Å²) >= 11 is 2.95. The maximum Gasteiger partial charge on any atom is 0.419 e. The minimum atomic E-state index is -4.80. The molecule has 0 saturated carbocycles. The number of halogens is 5. The fourth-order valence-electron chi connectivity index (χ4n) is 1.43. The number of hydrogen-bond acceptors (Lipinski definition) is 3. The molecule has 0 atom stereocenters. The summed E-state index contributed by atoms with van der Waals surface area (Å²) in [5.41, 5.74) is -1.94. The van der Waals surface area contributed by atoms with Crippen LogP contribution in [0, 0.1) is 5.82 Å². The molecule has 2 aromatic rings. The molecule has 106 valence electrons. The van der Waals surface area contributed by atoms with Gasteiger partial charge in [0.1, 0.15) is 10.3 Å². The minimum Gasteiger partial charge on any atom is -0.339 e. The first kappa shape index (κ1) is 14.5. The monoisotopic (exact) mass is 351 g/mol. The van der Waals surface area contributed by atoms with Crippen molar-refractivity contribution in [3.63, 3.8) is 0 Å². The van der Waals surface area contributed by atoms with Crippen LogP contribution in [-0.2, 0) is 6.18 Å². The average Bonchev–Trinajstić information content (AvgIpc) is 2.36. The molecule has 0 fully saturated rings. The van der Waals surface area contributed by atoms with Gasteiger partial charge in [0.2, 0.25) is 0 Å². The number of nitrogens with one attached hydrogen (secondary N) is 2. The van der Waals surface area contributed by atoms with Gasteiger partial charge in [-0.05, 0) is 34.1 Å². The standard InChI is InChI=1S/C11H6BrF4N3O/c12-8-9(17-4-18-10(8)20)19-5-1-2-7(13)6(3-5)11(14,15)16/h1-4H,(H2,17,18,19,20). The third kappa shape index (κ3) is 2.98. The topological polar surface area (TPSA) is 57.8 Å². The number of aromatic nitrogens is 2. The van der Waals surface area contributed by atoms with E-state index in [9.17, 15) is 22.4 Å². The van der Waals surface area contributed by atoms with Crippen molar-refractivity contribution >= 4 is 27.4 Å². The smallest absolute Gasteiger partial charge is 0.339 e. The fraction of sp³-hybridized carbons (Fsp3) is 0.0909. The van der Waals surface area contributed by atoms with Gasteiger partial charge in [-0.15, -0.1) is 0 Å². The number of rotatable bonds is 2. The molecule has 0 radical (unpaired) electrons. The predicted octanol–water partition coefficient (Wildman–Crippen LogP) is 3.43. The Kier molecular flexibility index (Phi) is 3.80. The summed E-state index contributed by atoms with van der Waals surface area (Å²) in [7, 11) is 0. The van der Waals surface area contributed by atoms with Crippen LogP contribution < -0.4 is 10.9 Å². The van der Waals surface area contributed by atoms with Gasteiger partial charge >= 0.3 is 6.18 Å².